The van der Waals surface area contributed by atoms with Gasteiger partial charge < -0.3 is 4.90 Å². The molecule has 0 spiro atoms. The molecule has 1 saturated heterocycles. The summed E-state index contributed by atoms with van der Waals surface area (Å²) in [5.41, 5.74) is 4.12. The number of likely N-dealkylation sites (tertiary alicyclic amines) is 1. The largest absolute Gasteiger partial charge is 0.301 e. The van der Waals surface area contributed by atoms with Gasteiger partial charge in [0, 0.05) is 25.0 Å². The first-order chi connectivity index (χ1) is 16.6. The first-order valence-electron chi connectivity index (χ1n) is 11.5. The van der Waals surface area contributed by atoms with Crippen LogP contribution in [-0.2, 0) is 6.54 Å². The van der Waals surface area contributed by atoms with Crippen molar-refractivity contribution in [2.45, 2.75) is 19.4 Å². The summed E-state index contributed by atoms with van der Waals surface area (Å²) in [5.74, 6) is -0.556. The Morgan fingerprint density at radius 1 is 0.794 bits per heavy atom. The molecule has 0 radical (unpaired) electrons. The third-order valence-electron chi connectivity index (χ3n) is 6.47. The Bertz CT molecular complexity index is 1330. The Balaban J connectivity index is 1.33. The topological polar surface area (TPSA) is 38.1 Å². The van der Waals surface area contributed by atoms with Crippen molar-refractivity contribution in [3.8, 4) is 0 Å². The summed E-state index contributed by atoms with van der Waals surface area (Å²) in [7, 11) is 0. The summed E-state index contributed by atoms with van der Waals surface area (Å²) in [6, 6.07) is 20.5. The highest BCUT2D eigenvalue weighted by molar-refractivity contribution is 5.82. The molecule has 1 aliphatic rings. The first-order valence-corrected chi connectivity index (χ1v) is 11.5. The number of aromatic nitrogens is 2. The van der Waals surface area contributed by atoms with Crippen LogP contribution in [0.3, 0.4) is 0 Å². The molecule has 4 aromatic rings. The minimum absolute atomic E-state index is 0.0643. The molecule has 6 heteroatoms. The van der Waals surface area contributed by atoms with E-state index in [0.717, 1.165) is 54.6 Å². The molecule has 0 amide bonds. The van der Waals surface area contributed by atoms with Crippen molar-refractivity contribution < 1.29 is 8.78 Å². The maximum Gasteiger partial charge on any atom is 0.274 e. The molecule has 0 saturated carbocycles. The highest BCUT2D eigenvalue weighted by Crippen LogP contribution is 2.32. The summed E-state index contributed by atoms with van der Waals surface area (Å²) in [4.78, 5) is 15.1. The molecule has 1 fully saturated rings. The van der Waals surface area contributed by atoms with E-state index in [-0.39, 0.29) is 17.2 Å². The van der Waals surface area contributed by atoms with Crippen LogP contribution >= 0.6 is 0 Å². The molecule has 172 valence electrons. The van der Waals surface area contributed by atoms with Gasteiger partial charge in [-0.1, -0.05) is 48.0 Å². The molecule has 5 rings (SSSR count). The molecule has 4 nitrogen and oxygen atoms in total. The van der Waals surface area contributed by atoms with Crippen molar-refractivity contribution in [1.82, 2.24) is 14.7 Å². The Kier molecular flexibility index (Phi) is 6.32. The first kappa shape index (κ1) is 22.2. The van der Waals surface area contributed by atoms with E-state index in [0.29, 0.717) is 11.9 Å². The highest BCUT2D eigenvalue weighted by Gasteiger charge is 2.19. The zero-order valence-electron chi connectivity index (χ0n) is 18.8. The Hall–Kier alpha value is -3.64. The van der Waals surface area contributed by atoms with Crippen molar-refractivity contribution >= 4 is 16.3 Å². The summed E-state index contributed by atoms with van der Waals surface area (Å²) in [6.07, 6.45) is 3.44. The van der Waals surface area contributed by atoms with E-state index in [1.54, 1.807) is 30.5 Å². The number of hydrogen-bond donors (Lipinski definition) is 0. The van der Waals surface area contributed by atoms with Gasteiger partial charge in [0.1, 0.15) is 11.6 Å². The third kappa shape index (κ3) is 4.68. The van der Waals surface area contributed by atoms with Gasteiger partial charge in [0.05, 0.1) is 18.1 Å². The van der Waals surface area contributed by atoms with Gasteiger partial charge in [0.2, 0.25) is 0 Å². The summed E-state index contributed by atoms with van der Waals surface area (Å²) in [5, 5.41) is 5.87. The zero-order chi connectivity index (χ0) is 23.5. The number of nitrogens with zero attached hydrogens (tertiary/aromatic N) is 3. The second-order valence-electron chi connectivity index (χ2n) is 8.59. The number of piperidine rings is 1. The normalized spacial score (nSPS) is 14.5. The van der Waals surface area contributed by atoms with E-state index >= 15 is 0 Å². The summed E-state index contributed by atoms with van der Waals surface area (Å²) < 4.78 is 28.6. The lowest BCUT2D eigenvalue weighted by molar-refractivity contribution is 0.242. The number of fused-ring (bicyclic) bond motifs is 1. The minimum Gasteiger partial charge on any atom is -0.301 e. The lowest BCUT2D eigenvalue weighted by atomic mass is 9.88. The van der Waals surface area contributed by atoms with E-state index in [2.05, 4.69) is 10.00 Å². The van der Waals surface area contributed by atoms with Crippen molar-refractivity contribution in [3.05, 3.63) is 118 Å². The molecule has 2 heterocycles. The summed E-state index contributed by atoms with van der Waals surface area (Å²) >= 11 is 0. The Morgan fingerprint density at radius 3 is 2.00 bits per heavy atom. The van der Waals surface area contributed by atoms with Crippen LogP contribution in [0.5, 0.6) is 0 Å². The predicted octanol–water partition coefficient (Wildman–Crippen LogP) is 5.27. The second kappa shape index (κ2) is 9.69. The smallest absolute Gasteiger partial charge is 0.274 e. The standard InChI is InChI=1S/C28H25F2N3O/c29-24-9-5-20(6-10-24)27(21-7-11-25(30)12-8-21)22-13-15-32(16-14-22)17-18-33-28(34)26-4-2-1-3-23(26)19-31-33/h1-12,19H,13-18H2. The zero-order valence-corrected chi connectivity index (χ0v) is 18.8. The maximum absolute atomic E-state index is 13.5. The Morgan fingerprint density at radius 2 is 1.38 bits per heavy atom. The van der Waals surface area contributed by atoms with Gasteiger partial charge in [-0.15, -0.1) is 0 Å². The van der Waals surface area contributed by atoms with E-state index < -0.39 is 0 Å². The average Bonchev–Trinajstić information content (AvgIpc) is 2.87. The Labute approximate surface area is 196 Å². The molecule has 1 aromatic heterocycles. The van der Waals surface area contributed by atoms with Crippen molar-refractivity contribution in [3.63, 3.8) is 0 Å². The van der Waals surface area contributed by atoms with Crippen LogP contribution in [0, 0.1) is 11.6 Å². The van der Waals surface area contributed by atoms with Gasteiger partial charge in [-0.2, -0.15) is 5.10 Å². The van der Waals surface area contributed by atoms with Crippen LogP contribution in [0.15, 0.2) is 89.4 Å². The van der Waals surface area contributed by atoms with Gasteiger partial charge in [-0.25, -0.2) is 13.5 Å². The molecular formula is C28H25F2N3O. The fraction of sp³-hybridized carbons (Fsp3) is 0.214. The van der Waals surface area contributed by atoms with E-state index in [4.69, 9.17) is 0 Å². The van der Waals surface area contributed by atoms with E-state index in [1.165, 1.54) is 34.5 Å². The minimum atomic E-state index is -0.278. The molecular weight excluding hydrogens is 432 g/mol. The maximum atomic E-state index is 13.5. The molecule has 3 aromatic carbocycles. The van der Waals surface area contributed by atoms with E-state index in [9.17, 15) is 13.6 Å². The van der Waals surface area contributed by atoms with E-state index in [1.807, 2.05) is 24.3 Å². The van der Waals surface area contributed by atoms with Crippen molar-refractivity contribution in [1.29, 1.82) is 0 Å². The predicted molar refractivity (Wildman–Crippen MR) is 130 cm³/mol. The third-order valence-corrected chi connectivity index (χ3v) is 6.47. The van der Waals surface area contributed by atoms with Crippen molar-refractivity contribution in [2.24, 2.45) is 0 Å². The fourth-order valence-corrected chi connectivity index (χ4v) is 4.63. The quantitative estimate of drug-likeness (QED) is 0.410. The number of rotatable bonds is 5. The van der Waals surface area contributed by atoms with Crippen molar-refractivity contribution in [2.75, 3.05) is 19.6 Å². The van der Waals surface area contributed by atoms with Crippen LogP contribution in [0.4, 0.5) is 8.78 Å². The molecule has 0 aliphatic carbocycles. The van der Waals surface area contributed by atoms with Gasteiger partial charge in [0.25, 0.3) is 5.56 Å². The molecule has 0 unspecified atom stereocenters. The monoisotopic (exact) mass is 457 g/mol. The molecule has 0 bridgehead atoms. The SMILES string of the molecule is O=c1c2ccccc2cnn1CCN1CCC(=C(c2ccc(F)cc2)c2ccc(F)cc2)CC1. The average molecular weight is 458 g/mol. The molecule has 0 atom stereocenters. The van der Waals surface area contributed by atoms with Crippen LogP contribution in [0.2, 0.25) is 0 Å². The fourth-order valence-electron chi connectivity index (χ4n) is 4.63. The lowest BCUT2D eigenvalue weighted by Gasteiger charge is -2.30. The van der Waals surface area contributed by atoms with Crippen LogP contribution < -0.4 is 5.56 Å². The number of hydrogen-bond acceptors (Lipinski definition) is 3. The number of halogens is 2. The van der Waals surface area contributed by atoms with Crippen LogP contribution in [-0.4, -0.2) is 34.3 Å². The van der Waals surface area contributed by atoms with Crippen LogP contribution in [0.1, 0.15) is 24.0 Å². The summed E-state index contributed by atoms with van der Waals surface area (Å²) in [6.45, 7) is 2.97. The van der Waals surface area contributed by atoms with Gasteiger partial charge >= 0.3 is 0 Å². The molecule has 0 N–H and O–H groups in total. The van der Waals surface area contributed by atoms with Gasteiger partial charge in [0.15, 0.2) is 0 Å². The van der Waals surface area contributed by atoms with Crippen LogP contribution in [0.25, 0.3) is 16.3 Å². The number of benzene rings is 3. The molecule has 34 heavy (non-hydrogen) atoms. The molecule has 1 aliphatic heterocycles. The second-order valence-corrected chi connectivity index (χ2v) is 8.59. The highest BCUT2D eigenvalue weighted by atomic mass is 19.1. The lowest BCUT2D eigenvalue weighted by Crippen LogP contribution is -2.36. The van der Waals surface area contributed by atoms with Gasteiger partial charge in [-0.05, 0) is 59.9 Å². The van der Waals surface area contributed by atoms with Gasteiger partial charge in [-0.3, -0.25) is 4.79 Å².